The van der Waals surface area contributed by atoms with Crippen molar-refractivity contribution in [3.63, 3.8) is 0 Å². The predicted octanol–water partition coefficient (Wildman–Crippen LogP) is 0.165. The molecular weight excluding hydrogens is 326 g/mol. The van der Waals surface area contributed by atoms with E-state index in [-0.39, 0.29) is 25.2 Å². The van der Waals surface area contributed by atoms with E-state index in [0.29, 0.717) is 5.57 Å². The maximum absolute atomic E-state index is 12.6. The Hall–Kier alpha value is -1.70. The number of aliphatic hydroxyl groups is 2. The highest BCUT2D eigenvalue weighted by Gasteiger charge is 2.46. The molecule has 0 aliphatic carbocycles. The van der Waals surface area contributed by atoms with Crippen LogP contribution in [-0.2, 0) is 19.1 Å². The molecule has 0 aromatic carbocycles. The minimum absolute atomic E-state index is 0.0273. The summed E-state index contributed by atoms with van der Waals surface area (Å²) in [6.45, 7) is 4.12. The molecule has 0 spiro atoms. The van der Waals surface area contributed by atoms with Gasteiger partial charge < -0.3 is 19.7 Å². The highest BCUT2D eigenvalue weighted by Crippen LogP contribution is 2.34. The second-order valence-electron chi connectivity index (χ2n) is 7.03. The summed E-state index contributed by atoms with van der Waals surface area (Å²) in [6.07, 6.45) is 4.20. The topological polar surface area (TPSA) is 96.3 Å². The fraction of sp³-hybridized carbons (Fsp3) is 0.667. The Balaban J connectivity index is 1.93. The van der Waals surface area contributed by atoms with Gasteiger partial charge in [0.15, 0.2) is 5.60 Å². The Morgan fingerprint density at radius 2 is 2.20 bits per heavy atom. The van der Waals surface area contributed by atoms with Crippen molar-refractivity contribution in [2.24, 2.45) is 5.92 Å². The van der Waals surface area contributed by atoms with E-state index < -0.39 is 30.1 Å². The van der Waals surface area contributed by atoms with Crippen molar-refractivity contribution in [3.8, 4) is 0 Å². The van der Waals surface area contributed by atoms with Crippen molar-refractivity contribution in [2.75, 3.05) is 26.3 Å². The molecule has 7 nitrogen and oxygen atoms in total. The maximum atomic E-state index is 12.6. The molecule has 3 heterocycles. The van der Waals surface area contributed by atoms with Gasteiger partial charge in [0, 0.05) is 24.6 Å². The molecule has 0 aromatic heterocycles. The van der Waals surface area contributed by atoms with Crippen LogP contribution in [0.3, 0.4) is 0 Å². The van der Waals surface area contributed by atoms with Crippen LogP contribution in [-0.4, -0.2) is 71.1 Å². The molecule has 3 aliphatic rings. The average Bonchev–Trinajstić information content (AvgIpc) is 3.18. The first-order chi connectivity index (χ1) is 11.9. The Morgan fingerprint density at radius 1 is 1.44 bits per heavy atom. The lowest BCUT2D eigenvalue weighted by Crippen LogP contribution is -2.50. The Morgan fingerprint density at radius 3 is 2.88 bits per heavy atom. The number of carbonyl (C=O) groups is 2. The molecule has 25 heavy (non-hydrogen) atoms. The number of hydrogen-bond donors (Lipinski definition) is 2. The lowest BCUT2D eigenvalue weighted by Gasteiger charge is -2.32. The summed E-state index contributed by atoms with van der Waals surface area (Å²) in [5.41, 5.74) is -0.796. The molecule has 0 amide bonds. The molecule has 2 N–H and O–H groups in total. The molecule has 3 rings (SSSR count). The minimum atomic E-state index is -2.05. The SMILES string of the molecule is C/C=C1/C[C@@H](C)[C@](O)(CO)C(=O)OCC2=CCN3CC[C@@H](OC1=O)[C@H]23. The van der Waals surface area contributed by atoms with E-state index in [4.69, 9.17) is 9.47 Å². The van der Waals surface area contributed by atoms with Gasteiger partial charge in [0.1, 0.15) is 12.7 Å². The van der Waals surface area contributed by atoms with Crippen molar-refractivity contribution in [1.29, 1.82) is 0 Å². The summed E-state index contributed by atoms with van der Waals surface area (Å²) in [6, 6.07) is -0.0890. The van der Waals surface area contributed by atoms with Crippen molar-refractivity contribution >= 4 is 11.9 Å². The van der Waals surface area contributed by atoms with Crippen LogP contribution in [0.1, 0.15) is 26.7 Å². The summed E-state index contributed by atoms with van der Waals surface area (Å²) < 4.78 is 11.1. The van der Waals surface area contributed by atoms with Crippen LogP contribution in [0.15, 0.2) is 23.3 Å². The van der Waals surface area contributed by atoms with Crippen LogP contribution < -0.4 is 0 Å². The molecule has 4 atom stereocenters. The number of esters is 2. The van der Waals surface area contributed by atoms with Crippen LogP contribution >= 0.6 is 0 Å². The van der Waals surface area contributed by atoms with Crippen molar-refractivity contribution in [2.45, 2.75) is 44.4 Å². The van der Waals surface area contributed by atoms with Crippen molar-refractivity contribution in [3.05, 3.63) is 23.3 Å². The predicted molar refractivity (Wildman–Crippen MR) is 88.5 cm³/mol. The van der Waals surface area contributed by atoms with Crippen LogP contribution in [0.2, 0.25) is 0 Å². The standard InChI is InChI=1S/C18H25NO6/c1-3-12-8-11(2)18(23,10-20)17(22)24-9-13-4-6-19-7-5-14(15(13)19)25-16(12)21/h3-4,11,14-15,20,23H,5-10H2,1-2H3/b12-3-/t11-,14-,15+,18-/m1/s1. The third-order valence-corrected chi connectivity index (χ3v) is 5.59. The molecule has 3 aliphatic heterocycles. The van der Waals surface area contributed by atoms with Crippen LogP contribution in [0.5, 0.6) is 0 Å². The third-order valence-electron chi connectivity index (χ3n) is 5.59. The fourth-order valence-corrected chi connectivity index (χ4v) is 3.85. The van der Waals surface area contributed by atoms with Gasteiger partial charge in [-0.05, 0) is 25.3 Å². The van der Waals surface area contributed by atoms with E-state index in [1.54, 1.807) is 19.9 Å². The average molecular weight is 351 g/mol. The largest absolute Gasteiger partial charge is 0.459 e. The van der Waals surface area contributed by atoms with Crippen LogP contribution in [0.4, 0.5) is 0 Å². The first-order valence-corrected chi connectivity index (χ1v) is 8.70. The van der Waals surface area contributed by atoms with E-state index in [9.17, 15) is 19.8 Å². The molecular formula is C18H25NO6. The van der Waals surface area contributed by atoms with Gasteiger partial charge in [-0.25, -0.2) is 9.59 Å². The zero-order valence-electron chi connectivity index (χ0n) is 14.6. The molecule has 0 aromatic rings. The molecule has 7 heteroatoms. The van der Waals surface area contributed by atoms with E-state index in [2.05, 4.69) is 4.90 Å². The smallest absolute Gasteiger partial charge is 0.341 e. The first kappa shape index (κ1) is 18.1. The van der Waals surface area contributed by atoms with Gasteiger partial charge in [0.2, 0.25) is 0 Å². The zero-order valence-corrected chi connectivity index (χ0v) is 14.6. The lowest BCUT2D eigenvalue weighted by atomic mass is 9.84. The molecule has 0 unspecified atom stereocenters. The number of aliphatic hydroxyl groups excluding tert-OH is 1. The van der Waals surface area contributed by atoms with Crippen LogP contribution in [0.25, 0.3) is 0 Å². The Kier molecular flexibility index (Phi) is 4.99. The summed E-state index contributed by atoms with van der Waals surface area (Å²) in [4.78, 5) is 27.2. The van der Waals surface area contributed by atoms with Gasteiger partial charge in [-0.15, -0.1) is 0 Å². The number of allylic oxidation sites excluding steroid dienone is 1. The van der Waals surface area contributed by atoms with Gasteiger partial charge in [0.25, 0.3) is 0 Å². The van der Waals surface area contributed by atoms with E-state index in [0.717, 1.165) is 25.1 Å². The summed E-state index contributed by atoms with van der Waals surface area (Å²) >= 11 is 0. The number of nitrogens with zero attached hydrogens (tertiary/aromatic N) is 1. The number of rotatable bonds is 1. The van der Waals surface area contributed by atoms with Gasteiger partial charge >= 0.3 is 11.9 Å². The minimum Gasteiger partial charge on any atom is -0.459 e. The van der Waals surface area contributed by atoms with E-state index in [1.807, 2.05) is 6.08 Å². The maximum Gasteiger partial charge on any atom is 0.341 e. The van der Waals surface area contributed by atoms with Crippen molar-refractivity contribution < 1.29 is 29.3 Å². The van der Waals surface area contributed by atoms with Crippen molar-refractivity contribution in [1.82, 2.24) is 4.90 Å². The molecule has 138 valence electrons. The Bertz CT molecular complexity index is 627. The van der Waals surface area contributed by atoms with Gasteiger partial charge in [0.05, 0.1) is 12.6 Å². The van der Waals surface area contributed by atoms with E-state index in [1.165, 1.54) is 0 Å². The number of carbonyl (C=O) groups excluding carboxylic acids is 2. The normalized spacial score (nSPS) is 38.5. The second-order valence-corrected chi connectivity index (χ2v) is 7.03. The molecule has 0 bridgehead atoms. The number of cyclic esters (lactones) is 1. The highest BCUT2D eigenvalue weighted by atomic mass is 16.6. The van der Waals surface area contributed by atoms with E-state index >= 15 is 0 Å². The highest BCUT2D eigenvalue weighted by molar-refractivity contribution is 5.89. The summed E-state index contributed by atoms with van der Waals surface area (Å²) in [7, 11) is 0. The molecule has 0 radical (unpaired) electrons. The lowest BCUT2D eigenvalue weighted by molar-refractivity contribution is -0.176. The van der Waals surface area contributed by atoms with Gasteiger partial charge in [-0.3, -0.25) is 4.90 Å². The van der Waals surface area contributed by atoms with Gasteiger partial charge in [-0.2, -0.15) is 0 Å². The second kappa shape index (κ2) is 6.90. The number of hydrogen-bond acceptors (Lipinski definition) is 7. The Labute approximate surface area is 146 Å². The molecule has 2 fully saturated rings. The summed E-state index contributed by atoms with van der Waals surface area (Å²) in [5.74, 6) is -1.99. The first-order valence-electron chi connectivity index (χ1n) is 8.70. The molecule has 2 saturated heterocycles. The third kappa shape index (κ3) is 3.12. The summed E-state index contributed by atoms with van der Waals surface area (Å²) in [5, 5.41) is 20.2. The van der Waals surface area contributed by atoms with Crippen LogP contribution in [0, 0.1) is 5.92 Å². The quantitative estimate of drug-likeness (QED) is 0.395. The number of ether oxygens (including phenoxy) is 2. The fourth-order valence-electron chi connectivity index (χ4n) is 3.85. The van der Waals surface area contributed by atoms with Gasteiger partial charge in [-0.1, -0.05) is 19.1 Å². The zero-order chi connectivity index (χ0) is 18.2. The monoisotopic (exact) mass is 351 g/mol. The molecule has 0 saturated carbocycles.